The molecule has 1 aromatic carbocycles. The number of hydrogen-bond acceptors (Lipinski definition) is 7. The molecule has 0 bridgehead atoms. The Labute approximate surface area is 192 Å². The molecule has 0 N–H and O–H groups in total. The summed E-state index contributed by atoms with van der Waals surface area (Å²) in [5, 5.41) is 0. The molecule has 0 unspecified atom stereocenters. The van der Waals surface area contributed by atoms with Gasteiger partial charge in [-0.25, -0.2) is 9.59 Å². The molecule has 0 atom stereocenters. The molecular formula is C25H29NO7. The Hall–Kier alpha value is -3.29. The Morgan fingerprint density at radius 2 is 1.27 bits per heavy atom. The van der Waals surface area contributed by atoms with Crippen molar-refractivity contribution in [2.24, 2.45) is 5.92 Å². The monoisotopic (exact) mass is 455 g/mol. The van der Waals surface area contributed by atoms with E-state index in [0.717, 1.165) is 4.90 Å². The van der Waals surface area contributed by atoms with Gasteiger partial charge in [-0.3, -0.25) is 19.3 Å². The second-order valence-electron chi connectivity index (χ2n) is 8.17. The highest BCUT2D eigenvalue weighted by Crippen LogP contribution is 2.38. The third-order valence-corrected chi connectivity index (χ3v) is 6.46. The lowest BCUT2D eigenvalue weighted by Crippen LogP contribution is -2.37. The maximum Gasteiger partial charge on any atom is 0.338 e. The molecule has 1 aliphatic carbocycles. The number of ether oxygens (including phenoxy) is 2. The fourth-order valence-electron chi connectivity index (χ4n) is 4.71. The minimum atomic E-state index is -0.764. The highest BCUT2D eigenvalue weighted by atomic mass is 16.5. The maximum absolute atomic E-state index is 13.5. The molecule has 0 radical (unpaired) electrons. The molecule has 8 nitrogen and oxygen atoms in total. The topological polar surface area (TPSA) is 107 Å². The molecule has 2 amide bonds. The van der Waals surface area contributed by atoms with Crippen LogP contribution in [0.3, 0.4) is 0 Å². The zero-order valence-electron chi connectivity index (χ0n) is 19.5. The highest BCUT2D eigenvalue weighted by Gasteiger charge is 2.46. The number of hydrogen-bond donors (Lipinski definition) is 0. The van der Waals surface area contributed by atoms with E-state index in [9.17, 15) is 24.0 Å². The lowest BCUT2D eigenvalue weighted by Gasteiger charge is -2.20. The Morgan fingerprint density at radius 3 is 1.64 bits per heavy atom. The van der Waals surface area contributed by atoms with Crippen molar-refractivity contribution < 1.29 is 33.4 Å². The zero-order chi connectivity index (χ0) is 24.3. The van der Waals surface area contributed by atoms with Crippen LogP contribution in [0.5, 0.6) is 0 Å². The van der Waals surface area contributed by atoms with Gasteiger partial charge in [-0.1, -0.05) is 26.0 Å². The van der Waals surface area contributed by atoms with E-state index in [1.807, 2.05) is 26.0 Å². The van der Waals surface area contributed by atoms with Crippen molar-refractivity contribution >= 4 is 29.5 Å². The summed E-state index contributed by atoms with van der Waals surface area (Å²) in [4.78, 5) is 66.3. The van der Waals surface area contributed by atoms with Crippen molar-refractivity contribution in [3.8, 4) is 0 Å². The van der Waals surface area contributed by atoms with E-state index in [1.165, 1.54) is 14.2 Å². The van der Waals surface area contributed by atoms with Crippen LogP contribution in [0, 0.1) is 5.92 Å². The van der Waals surface area contributed by atoms with Gasteiger partial charge in [0, 0.05) is 5.92 Å². The van der Waals surface area contributed by atoms with Crippen LogP contribution in [0.2, 0.25) is 0 Å². The predicted octanol–water partition coefficient (Wildman–Crippen LogP) is 3.30. The molecule has 176 valence electrons. The van der Waals surface area contributed by atoms with E-state index in [4.69, 9.17) is 9.47 Å². The van der Waals surface area contributed by atoms with Gasteiger partial charge in [0.2, 0.25) is 0 Å². The molecule has 0 saturated carbocycles. The minimum absolute atomic E-state index is 0.00119. The van der Waals surface area contributed by atoms with Gasteiger partial charge in [-0.2, -0.15) is 0 Å². The molecule has 0 saturated heterocycles. The van der Waals surface area contributed by atoms with Crippen molar-refractivity contribution in [1.82, 2.24) is 4.90 Å². The molecule has 0 spiro atoms. The van der Waals surface area contributed by atoms with Crippen LogP contribution in [0.4, 0.5) is 0 Å². The molecule has 1 aromatic rings. The summed E-state index contributed by atoms with van der Waals surface area (Å²) in [6, 6.07) is 0. The first kappa shape index (κ1) is 24.4. The quantitative estimate of drug-likeness (QED) is 0.353. The van der Waals surface area contributed by atoms with Gasteiger partial charge >= 0.3 is 11.9 Å². The van der Waals surface area contributed by atoms with E-state index in [-0.39, 0.29) is 34.0 Å². The van der Waals surface area contributed by atoms with Crippen LogP contribution in [-0.4, -0.2) is 55.2 Å². The van der Waals surface area contributed by atoms with Crippen LogP contribution in [0.25, 0.3) is 0 Å². The largest absolute Gasteiger partial charge is 0.465 e. The normalized spacial score (nSPS) is 16.1. The molecule has 33 heavy (non-hydrogen) atoms. The van der Waals surface area contributed by atoms with Crippen LogP contribution in [0.1, 0.15) is 92.1 Å². The van der Waals surface area contributed by atoms with E-state index in [0.29, 0.717) is 49.7 Å². The number of carbonyl (C=O) groups is 5. The Bertz CT molecular complexity index is 981. The minimum Gasteiger partial charge on any atom is -0.465 e. The Morgan fingerprint density at radius 1 is 0.848 bits per heavy atom. The zero-order valence-corrected chi connectivity index (χ0v) is 19.5. The van der Waals surface area contributed by atoms with Crippen molar-refractivity contribution in [2.45, 2.75) is 52.4 Å². The maximum atomic E-state index is 13.5. The summed E-state index contributed by atoms with van der Waals surface area (Å²) < 4.78 is 9.95. The third kappa shape index (κ3) is 4.21. The van der Waals surface area contributed by atoms with Crippen LogP contribution in [-0.2, 0) is 27.1 Å². The second kappa shape index (κ2) is 10.1. The van der Waals surface area contributed by atoms with E-state index in [1.54, 1.807) is 0 Å². The number of rotatable bonds is 7. The number of nitrogens with zero attached hydrogens (tertiary/aromatic N) is 1. The Kier molecular flexibility index (Phi) is 7.46. The fourth-order valence-corrected chi connectivity index (χ4v) is 4.71. The molecule has 8 heteroatoms. The standard InChI is InChI=1S/C25H29NO7/c1-5-14(6-2)17(27)13-26-22(28)20-18(24(30)32-3)15-11-9-7-8-10-12-16(15)19(25(31)33-4)21(20)23(26)29/h7-8,14H,5-6,9-13H2,1-4H3/b8-7+. The third-order valence-electron chi connectivity index (χ3n) is 6.46. The average molecular weight is 456 g/mol. The van der Waals surface area contributed by atoms with Gasteiger partial charge in [0.1, 0.15) is 0 Å². The van der Waals surface area contributed by atoms with Gasteiger partial charge in [-0.05, 0) is 49.7 Å². The molecule has 3 rings (SSSR count). The smallest absolute Gasteiger partial charge is 0.338 e. The number of methoxy groups -OCH3 is 2. The van der Waals surface area contributed by atoms with E-state index < -0.39 is 30.3 Å². The predicted molar refractivity (Wildman–Crippen MR) is 119 cm³/mol. The highest BCUT2D eigenvalue weighted by molar-refractivity contribution is 6.28. The van der Waals surface area contributed by atoms with E-state index >= 15 is 0 Å². The summed E-state index contributed by atoms with van der Waals surface area (Å²) in [5.41, 5.74) is 0.683. The molecule has 1 heterocycles. The fraction of sp³-hybridized carbons (Fsp3) is 0.480. The van der Waals surface area contributed by atoms with Gasteiger partial charge < -0.3 is 9.47 Å². The lowest BCUT2D eigenvalue weighted by molar-refractivity contribution is -0.123. The average Bonchev–Trinajstić information content (AvgIpc) is 3.03. The Balaban J connectivity index is 2.28. The van der Waals surface area contributed by atoms with Gasteiger partial charge in [0.05, 0.1) is 43.0 Å². The number of amides is 2. The van der Waals surface area contributed by atoms with Crippen molar-refractivity contribution in [3.63, 3.8) is 0 Å². The van der Waals surface area contributed by atoms with Crippen LogP contribution in [0.15, 0.2) is 12.2 Å². The summed E-state index contributed by atoms with van der Waals surface area (Å²) in [6.45, 7) is 3.33. The molecule has 2 aliphatic rings. The summed E-state index contributed by atoms with van der Waals surface area (Å²) in [5.74, 6) is -3.56. The van der Waals surface area contributed by atoms with Gasteiger partial charge in [0.25, 0.3) is 11.8 Å². The first-order valence-electron chi connectivity index (χ1n) is 11.2. The number of fused-ring (bicyclic) bond motifs is 2. The lowest BCUT2D eigenvalue weighted by atomic mass is 9.82. The molecular weight excluding hydrogens is 426 g/mol. The SMILES string of the molecule is CCC(CC)C(=O)CN1C(=O)c2c(C(=O)OC)c3c(c(C(=O)OC)c2C1=O)CC/C=C/CC3. The summed E-state index contributed by atoms with van der Waals surface area (Å²) in [6.07, 6.45) is 7.08. The number of Topliss-reactive ketones (excluding diaryl/α,β-unsaturated/α-hetero) is 1. The first-order chi connectivity index (χ1) is 15.8. The molecule has 0 fully saturated rings. The summed E-state index contributed by atoms with van der Waals surface area (Å²) >= 11 is 0. The second-order valence-corrected chi connectivity index (χ2v) is 8.17. The number of carbonyl (C=O) groups excluding carboxylic acids is 5. The number of benzene rings is 1. The number of ketones is 1. The van der Waals surface area contributed by atoms with Crippen LogP contribution < -0.4 is 0 Å². The van der Waals surface area contributed by atoms with E-state index in [2.05, 4.69) is 0 Å². The van der Waals surface area contributed by atoms with Crippen molar-refractivity contribution in [1.29, 1.82) is 0 Å². The van der Waals surface area contributed by atoms with Crippen molar-refractivity contribution in [3.05, 3.63) is 45.5 Å². The number of imide groups is 1. The summed E-state index contributed by atoms with van der Waals surface area (Å²) in [7, 11) is 2.40. The van der Waals surface area contributed by atoms with Gasteiger partial charge in [0.15, 0.2) is 5.78 Å². The van der Waals surface area contributed by atoms with Crippen LogP contribution >= 0.6 is 0 Å². The number of allylic oxidation sites excluding steroid dienone is 2. The van der Waals surface area contributed by atoms with Crippen molar-refractivity contribution in [2.75, 3.05) is 20.8 Å². The number of esters is 2. The molecule has 1 aliphatic heterocycles. The first-order valence-corrected chi connectivity index (χ1v) is 11.2. The van der Waals surface area contributed by atoms with Gasteiger partial charge in [-0.15, -0.1) is 0 Å². The molecule has 0 aromatic heterocycles.